The zero-order chi connectivity index (χ0) is 11.0. The highest BCUT2D eigenvalue weighted by atomic mass is 14.4. The highest BCUT2D eigenvalue weighted by Gasteiger charge is 2.36. The first kappa shape index (κ1) is 11.1. The minimum Gasteiger partial charge on any atom is -0.0622 e. The first-order valence-electron chi connectivity index (χ1n) is 7.83. The summed E-state index contributed by atoms with van der Waals surface area (Å²) in [6.07, 6.45) is 15.6. The predicted octanol–water partition coefficient (Wildman–Crippen LogP) is 5.03. The molecule has 0 aromatic heterocycles. The summed E-state index contributed by atoms with van der Waals surface area (Å²) in [6, 6.07) is 0. The summed E-state index contributed by atoms with van der Waals surface area (Å²) < 4.78 is 0. The Morgan fingerprint density at radius 3 is 2.44 bits per heavy atom. The Balaban J connectivity index is 1.72. The summed E-state index contributed by atoms with van der Waals surface area (Å²) in [4.78, 5) is 0. The van der Waals surface area contributed by atoms with Gasteiger partial charge in [0.15, 0.2) is 0 Å². The molecule has 5 atom stereocenters. The van der Waals surface area contributed by atoms with E-state index in [4.69, 9.17) is 0 Å². The molecule has 3 aliphatic carbocycles. The van der Waals surface area contributed by atoms with Gasteiger partial charge in [-0.1, -0.05) is 51.9 Å². The van der Waals surface area contributed by atoms with Crippen molar-refractivity contribution in [3.05, 3.63) is 0 Å². The van der Waals surface area contributed by atoms with Crippen LogP contribution < -0.4 is 0 Å². The maximum Gasteiger partial charge on any atom is -0.0357 e. The zero-order valence-corrected chi connectivity index (χ0v) is 11.0. The van der Waals surface area contributed by atoms with E-state index in [2.05, 4.69) is 6.92 Å². The standard InChI is InChI=1S/C16H28/c1-12-4-2-7-15-9-8-13-5-3-6-14(10-13)11-16(12)15/h12-16H,2-11H2,1H3. The Kier molecular flexibility index (Phi) is 3.27. The van der Waals surface area contributed by atoms with Crippen molar-refractivity contribution in [2.24, 2.45) is 29.6 Å². The maximum atomic E-state index is 2.54. The van der Waals surface area contributed by atoms with Crippen molar-refractivity contribution in [1.82, 2.24) is 0 Å². The SMILES string of the molecule is CC1CCCC2CCC3CCCC(C3)CC12. The van der Waals surface area contributed by atoms with Gasteiger partial charge >= 0.3 is 0 Å². The molecule has 0 heterocycles. The number of rotatable bonds is 0. The van der Waals surface area contributed by atoms with Crippen LogP contribution in [0.4, 0.5) is 0 Å². The molecule has 5 unspecified atom stereocenters. The molecular formula is C16H28. The molecule has 0 nitrogen and oxygen atoms in total. The maximum absolute atomic E-state index is 2.54. The molecular weight excluding hydrogens is 192 g/mol. The normalized spacial score (nSPS) is 48.9. The van der Waals surface area contributed by atoms with E-state index in [9.17, 15) is 0 Å². The molecule has 0 radical (unpaired) electrons. The molecule has 16 heavy (non-hydrogen) atoms. The van der Waals surface area contributed by atoms with E-state index in [1.54, 1.807) is 51.4 Å². The van der Waals surface area contributed by atoms with Crippen molar-refractivity contribution in [3.63, 3.8) is 0 Å². The van der Waals surface area contributed by atoms with E-state index in [1.807, 2.05) is 0 Å². The average molecular weight is 220 g/mol. The number of hydrogen-bond donors (Lipinski definition) is 0. The molecule has 0 aromatic carbocycles. The Bertz CT molecular complexity index is 232. The van der Waals surface area contributed by atoms with Gasteiger partial charge in [-0.2, -0.15) is 0 Å². The number of fused-ring (bicyclic) bond motifs is 3. The van der Waals surface area contributed by atoms with Gasteiger partial charge in [0.2, 0.25) is 0 Å². The monoisotopic (exact) mass is 220 g/mol. The van der Waals surface area contributed by atoms with E-state index in [0.29, 0.717) is 0 Å². The Morgan fingerprint density at radius 1 is 0.688 bits per heavy atom. The highest BCUT2D eigenvalue weighted by molar-refractivity contribution is 4.87. The van der Waals surface area contributed by atoms with Gasteiger partial charge in [0.25, 0.3) is 0 Å². The molecule has 0 aromatic rings. The van der Waals surface area contributed by atoms with Crippen LogP contribution >= 0.6 is 0 Å². The lowest BCUT2D eigenvalue weighted by Crippen LogP contribution is -2.33. The lowest BCUT2D eigenvalue weighted by molar-refractivity contribution is 0.0759. The third-order valence-electron chi connectivity index (χ3n) is 6.01. The van der Waals surface area contributed by atoms with E-state index < -0.39 is 0 Å². The van der Waals surface area contributed by atoms with E-state index >= 15 is 0 Å². The summed E-state index contributed by atoms with van der Waals surface area (Å²) >= 11 is 0. The predicted molar refractivity (Wildman–Crippen MR) is 69.3 cm³/mol. The van der Waals surface area contributed by atoms with Gasteiger partial charge in [-0.3, -0.25) is 0 Å². The molecule has 3 rings (SSSR count). The molecule has 0 saturated heterocycles. The smallest absolute Gasteiger partial charge is 0.0357 e. The van der Waals surface area contributed by atoms with Crippen LogP contribution in [0, 0.1) is 29.6 Å². The summed E-state index contributed by atoms with van der Waals surface area (Å²) in [5, 5.41) is 0. The van der Waals surface area contributed by atoms with Crippen molar-refractivity contribution in [2.75, 3.05) is 0 Å². The van der Waals surface area contributed by atoms with Crippen LogP contribution in [-0.4, -0.2) is 0 Å². The van der Waals surface area contributed by atoms with Crippen LogP contribution in [0.1, 0.15) is 71.1 Å². The van der Waals surface area contributed by atoms with Crippen molar-refractivity contribution < 1.29 is 0 Å². The van der Waals surface area contributed by atoms with Gasteiger partial charge in [0.05, 0.1) is 0 Å². The van der Waals surface area contributed by atoms with Gasteiger partial charge in [0, 0.05) is 0 Å². The van der Waals surface area contributed by atoms with Crippen LogP contribution in [0.3, 0.4) is 0 Å². The van der Waals surface area contributed by atoms with Gasteiger partial charge < -0.3 is 0 Å². The Labute approximate surface area is 101 Å². The second-order valence-electron chi connectivity index (χ2n) is 7.04. The summed E-state index contributed by atoms with van der Waals surface area (Å²) in [7, 11) is 0. The first-order valence-corrected chi connectivity index (χ1v) is 7.83. The third kappa shape index (κ3) is 2.17. The fourth-order valence-corrected chi connectivity index (χ4v) is 5.09. The molecule has 0 N–H and O–H groups in total. The molecule has 2 bridgehead atoms. The second kappa shape index (κ2) is 4.70. The average Bonchev–Trinajstić information content (AvgIpc) is 2.29. The topological polar surface area (TPSA) is 0 Å². The van der Waals surface area contributed by atoms with E-state index in [1.165, 1.54) is 12.8 Å². The van der Waals surface area contributed by atoms with Gasteiger partial charge in [-0.05, 0) is 48.9 Å². The molecule has 3 fully saturated rings. The van der Waals surface area contributed by atoms with Crippen molar-refractivity contribution >= 4 is 0 Å². The van der Waals surface area contributed by atoms with Crippen LogP contribution in [-0.2, 0) is 0 Å². The molecule has 3 saturated carbocycles. The minimum atomic E-state index is 1.04. The molecule has 0 aliphatic heterocycles. The summed E-state index contributed by atoms with van der Waals surface area (Å²) in [5.41, 5.74) is 0. The van der Waals surface area contributed by atoms with E-state index in [0.717, 1.165) is 29.6 Å². The molecule has 0 heteroatoms. The molecule has 3 aliphatic rings. The largest absolute Gasteiger partial charge is 0.0622 e. The summed E-state index contributed by atoms with van der Waals surface area (Å²) in [5.74, 6) is 5.51. The quantitative estimate of drug-likeness (QED) is 0.537. The van der Waals surface area contributed by atoms with Gasteiger partial charge in [-0.25, -0.2) is 0 Å². The Hall–Kier alpha value is 0. The molecule has 92 valence electrons. The highest BCUT2D eigenvalue weighted by Crippen LogP contribution is 2.47. The number of hydrogen-bond acceptors (Lipinski definition) is 0. The molecule has 0 amide bonds. The fraction of sp³-hybridized carbons (Fsp3) is 1.00. The minimum absolute atomic E-state index is 1.04. The van der Waals surface area contributed by atoms with Crippen LogP contribution in [0.2, 0.25) is 0 Å². The molecule has 0 spiro atoms. The van der Waals surface area contributed by atoms with E-state index in [-0.39, 0.29) is 0 Å². The first-order chi connectivity index (χ1) is 7.83. The van der Waals surface area contributed by atoms with Gasteiger partial charge in [-0.15, -0.1) is 0 Å². The Morgan fingerprint density at radius 2 is 1.50 bits per heavy atom. The summed E-state index contributed by atoms with van der Waals surface area (Å²) in [6.45, 7) is 2.54. The van der Waals surface area contributed by atoms with Crippen LogP contribution in [0.5, 0.6) is 0 Å². The lowest BCUT2D eigenvalue weighted by Gasteiger charge is -2.43. The van der Waals surface area contributed by atoms with Crippen LogP contribution in [0.15, 0.2) is 0 Å². The zero-order valence-electron chi connectivity index (χ0n) is 11.0. The van der Waals surface area contributed by atoms with Crippen molar-refractivity contribution in [2.45, 2.75) is 71.1 Å². The lowest BCUT2D eigenvalue weighted by atomic mass is 9.62. The fourth-order valence-electron chi connectivity index (χ4n) is 5.09. The van der Waals surface area contributed by atoms with Crippen molar-refractivity contribution in [3.8, 4) is 0 Å². The van der Waals surface area contributed by atoms with Gasteiger partial charge in [0.1, 0.15) is 0 Å². The third-order valence-corrected chi connectivity index (χ3v) is 6.01. The second-order valence-corrected chi connectivity index (χ2v) is 7.04. The van der Waals surface area contributed by atoms with Crippen molar-refractivity contribution in [1.29, 1.82) is 0 Å². The van der Waals surface area contributed by atoms with Crippen LogP contribution in [0.25, 0.3) is 0 Å².